The number of fused-ring (bicyclic) bond motifs is 1. The molecule has 3 aromatic rings. The van der Waals surface area contributed by atoms with Crippen molar-refractivity contribution in [2.24, 2.45) is 4.99 Å². The quantitative estimate of drug-likeness (QED) is 0.577. The second kappa shape index (κ2) is 9.25. The first-order chi connectivity index (χ1) is 15.7. The summed E-state index contributed by atoms with van der Waals surface area (Å²) in [6.45, 7) is 3.10. The van der Waals surface area contributed by atoms with Crippen LogP contribution in [0.15, 0.2) is 83.9 Å². The van der Waals surface area contributed by atoms with Crippen molar-refractivity contribution in [3.05, 3.63) is 101 Å². The van der Waals surface area contributed by atoms with Gasteiger partial charge >= 0.3 is 0 Å². The number of para-hydroxylation sites is 1. The van der Waals surface area contributed by atoms with Gasteiger partial charge in [-0.25, -0.2) is 4.99 Å². The normalized spacial score (nSPS) is 17.4. The number of amidine groups is 1. The van der Waals surface area contributed by atoms with E-state index in [1.807, 2.05) is 83.8 Å². The highest BCUT2D eigenvalue weighted by atomic mass is 35.5. The third-order valence-electron chi connectivity index (χ3n) is 5.93. The lowest BCUT2D eigenvalue weighted by atomic mass is 10.0. The number of hydrogen-bond donors (Lipinski definition) is 0. The molecule has 1 atom stereocenters. The summed E-state index contributed by atoms with van der Waals surface area (Å²) in [4.78, 5) is 23.1. The van der Waals surface area contributed by atoms with E-state index in [0.717, 1.165) is 22.4 Å². The van der Waals surface area contributed by atoms with Gasteiger partial charge in [-0.1, -0.05) is 72.3 Å². The van der Waals surface area contributed by atoms with Gasteiger partial charge in [0.05, 0.1) is 25.4 Å². The summed E-state index contributed by atoms with van der Waals surface area (Å²) in [6.07, 6.45) is 0. The lowest BCUT2D eigenvalue weighted by molar-refractivity contribution is -0.135. The number of halogens is 1. The summed E-state index contributed by atoms with van der Waals surface area (Å²) in [5.41, 5.74) is 3.79. The van der Waals surface area contributed by atoms with Gasteiger partial charge in [0, 0.05) is 23.7 Å². The van der Waals surface area contributed by atoms with Crippen LogP contribution < -0.4 is 0 Å². The molecule has 2 aliphatic rings. The van der Waals surface area contributed by atoms with Crippen LogP contribution in [0.5, 0.6) is 0 Å². The third kappa shape index (κ3) is 4.19. The topological polar surface area (TPSA) is 45.1 Å². The van der Waals surface area contributed by atoms with Crippen LogP contribution >= 0.6 is 11.6 Å². The summed E-state index contributed by atoms with van der Waals surface area (Å²) in [5, 5.41) is 0.653. The Morgan fingerprint density at radius 3 is 2.34 bits per heavy atom. The molecular formula is C26H24ClN3O2. The number of benzene rings is 3. The summed E-state index contributed by atoms with van der Waals surface area (Å²) in [6, 6.07) is 25.0. The van der Waals surface area contributed by atoms with Gasteiger partial charge < -0.3 is 4.74 Å². The molecule has 32 heavy (non-hydrogen) atoms. The Morgan fingerprint density at radius 2 is 1.59 bits per heavy atom. The molecule has 1 unspecified atom stereocenters. The predicted molar refractivity (Wildman–Crippen MR) is 126 cm³/mol. The fraction of sp³-hybridized carbons (Fsp3) is 0.231. The van der Waals surface area contributed by atoms with Gasteiger partial charge in [0.25, 0.3) is 0 Å². The molecule has 5 rings (SSSR count). The van der Waals surface area contributed by atoms with Gasteiger partial charge in [0.1, 0.15) is 11.9 Å². The molecule has 0 N–H and O–H groups in total. The molecule has 1 amide bonds. The number of hydrogen-bond acceptors (Lipinski definition) is 4. The Balaban J connectivity index is 1.57. The number of rotatable bonds is 4. The van der Waals surface area contributed by atoms with E-state index in [0.29, 0.717) is 43.7 Å². The molecule has 0 spiro atoms. The minimum atomic E-state index is -0.435. The number of aliphatic imine (C=N–C) groups is 1. The number of nitrogens with zero attached hydrogens (tertiary/aromatic N) is 3. The highest BCUT2D eigenvalue weighted by Gasteiger charge is 2.36. The average molecular weight is 446 g/mol. The summed E-state index contributed by atoms with van der Waals surface area (Å²) >= 11 is 6.14. The highest BCUT2D eigenvalue weighted by Crippen LogP contribution is 2.32. The summed E-state index contributed by atoms with van der Waals surface area (Å²) < 4.78 is 5.56. The molecule has 0 aromatic heterocycles. The fourth-order valence-corrected chi connectivity index (χ4v) is 4.43. The van der Waals surface area contributed by atoms with Crippen LogP contribution in [-0.2, 0) is 16.1 Å². The molecule has 0 bridgehead atoms. The monoisotopic (exact) mass is 445 g/mol. The van der Waals surface area contributed by atoms with Crippen LogP contribution in [0.25, 0.3) is 0 Å². The molecule has 5 nitrogen and oxygen atoms in total. The van der Waals surface area contributed by atoms with E-state index in [1.54, 1.807) is 0 Å². The second-order valence-electron chi connectivity index (χ2n) is 7.96. The third-order valence-corrected chi connectivity index (χ3v) is 6.18. The van der Waals surface area contributed by atoms with Crippen molar-refractivity contribution >= 4 is 29.0 Å². The molecule has 1 fully saturated rings. The highest BCUT2D eigenvalue weighted by molar-refractivity contribution is 6.30. The van der Waals surface area contributed by atoms with Crippen molar-refractivity contribution in [1.29, 1.82) is 0 Å². The molecule has 162 valence electrons. The summed E-state index contributed by atoms with van der Waals surface area (Å²) in [7, 11) is 0. The smallest absolute Gasteiger partial charge is 0.250 e. The van der Waals surface area contributed by atoms with Gasteiger partial charge in [-0.3, -0.25) is 14.6 Å². The van der Waals surface area contributed by atoms with Crippen LogP contribution in [0.1, 0.15) is 22.7 Å². The molecule has 1 saturated heterocycles. The molecule has 2 aliphatic heterocycles. The minimum Gasteiger partial charge on any atom is -0.379 e. The Hall–Kier alpha value is -2.99. The van der Waals surface area contributed by atoms with E-state index in [2.05, 4.69) is 4.90 Å². The number of amides is 1. The maximum atomic E-state index is 14.2. The van der Waals surface area contributed by atoms with Gasteiger partial charge in [0.15, 0.2) is 0 Å². The summed E-state index contributed by atoms with van der Waals surface area (Å²) in [5.74, 6) is 0.688. The molecular weight excluding hydrogens is 422 g/mol. The lowest BCUT2D eigenvalue weighted by Gasteiger charge is -2.38. The van der Waals surface area contributed by atoms with Crippen LogP contribution in [0.3, 0.4) is 0 Å². The van der Waals surface area contributed by atoms with Gasteiger partial charge in [-0.2, -0.15) is 0 Å². The van der Waals surface area contributed by atoms with E-state index < -0.39 is 6.04 Å². The van der Waals surface area contributed by atoms with Crippen molar-refractivity contribution in [1.82, 2.24) is 9.80 Å². The minimum absolute atomic E-state index is 0.00586. The number of ether oxygens (including phenoxy) is 1. The van der Waals surface area contributed by atoms with Crippen LogP contribution in [0, 0.1) is 0 Å². The van der Waals surface area contributed by atoms with Crippen molar-refractivity contribution in [3.8, 4) is 0 Å². The van der Waals surface area contributed by atoms with Crippen LogP contribution in [0.2, 0.25) is 5.02 Å². The Kier molecular flexibility index (Phi) is 6.04. The van der Waals surface area contributed by atoms with Crippen molar-refractivity contribution in [2.45, 2.75) is 12.6 Å². The van der Waals surface area contributed by atoms with Crippen molar-refractivity contribution < 1.29 is 9.53 Å². The van der Waals surface area contributed by atoms with E-state index in [4.69, 9.17) is 21.3 Å². The number of carbonyl (C=O) groups excluding carboxylic acids is 1. The second-order valence-corrected chi connectivity index (χ2v) is 8.39. The molecule has 0 radical (unpaired) electrons. The lowest BCUT2D eigenvalue weighted by Crippen LogP contribution is -2.49. The maximum absolute atomic E-state index is 14.2. The van der Waals surface area contributed by atoms with E-state index in [1.165, 1.54) is 0 Å². The van der Waals surface area contributed by atoms with Crippen LogP contribution in [-0.4, -0.2) is 47.8 Å². The molecule has 0 saturated carbocycles. The van der Waals surface area contributed by atoms with Gasteiger partial charge in [0.2, 0.25) is 5.91 Å². The van der Waals surface area contributed by atoms with Crippen LogP contribution in [0.4, 0.5) is 5.69 Å². The first-order valence-corrected chi connectivity index (χ1v) is 11.2. The zero-order valence-corrected chi connectivity index (χ0v) is 18.4. The zero-order chi connectivity index (χ0) is 21.9. The standard InChI is InChI=1S/C26H24ClN3O2/c27-22-12-10-19(11-13-22)24(29-14-16-32-17-15-29)26(31)30-18-21-8-4-5-9-23(21)28-25(30)20-6-2-1-3-7-20/h1-13,24H,14-18H2. The van der Waals surface area contributed by atoms with Gasteiger partial charge in [-0.15, -0.1) is 0 Å². The first-order valence-electron chi connectivity index (χ1n) is 10.8. The van der Waals surface area contributed by atoms with E-state index in [9.17, 15) is 4.79 Å². The van der Waals surface area contributed by atoms with Gasteiger partial charge in [-0.05, 0) is 29.3 Å². The number of morpholine rings is 1. The Morgan fingerprint density at radius 1 is 0.906 bits per heavy atom. The van der Waals surface area contributed by atoms with Crippen molar-refractivity contribution in [3.63, 3.8) is 0 Å². The van der Waals surface area contributed by atoms with E-state index in [-0.39, 0.29) is 5.91 Å². The Labute approximate surface area is 192 Å². The molecule has 0 aliphatic carbocycles. The average Bonchev–Trinajstić information content (AvgIpc) is 2.86. The van der Waals surface area contributed by atoms with E-state index >= 15 is 0 Å². The predicted octanol–water partition coefficient (Wildman–Crippen LogP) is 4.83. The maximum Gasteiger partial charge on any atom is 0.250 e. The first kappa shape index (κ1) is 20.9. The fourth-order valence-electron chi connectivity index (χ4n) is 4.30. The van der Waals surface area contributed by atoms with Crippen molar-refractivity contribution in [2.75, 3.05) is 26.3 Å². The number of carbonyl (C=O) groups is 1. The SMILES string of the molecule is O=C(C(c1ccc(Cl)cc1)N1CCOCC1)N1Cc2ccccc2N=C1c1ccccc1. The Bertz CT molecular complexity index is 1130. The molecule has 6 heteroatoms. The largest absolute Gasteiger partial charge is 0.379 e. The molecule has 2 heterocycles. The zero-order valence-electron chi connectivity index (χ0n) is 17.7. The molecule has 3 aromatic carbocycles.